The number of nitrogens with zero attached hydrogens (tertiary/aromatic N) is 1. The van der Waals surface area contributed by atoms with Crippen molar-refractivity contribution in [3.8, 4) is 0 Å². The number of benzene rings is 2. The summed E-state index contributed by atoms with van der Waals surface area (Å²) in [4.78, 5) is 37.0. The van der Waals surface area contributed by atoms with Gasteiger partial charge in [-0.1, -0.05) is 51.1 Å². The molecule has 0 spiro atoms. The van der Waals surface area contributed by atoms with Gasteiger partial charge in [0.05, 0.1) is 6.54 Å². The van der Waals surface area contributed by atoms with Crippen LogP contribution in [0.4, 0.5) is 5.69 Å². The molecule has 2 N–H and O–H groups in total. The first-order valence-electron chi connectivity index (χ1n) is 8.64. The first-order chi connectivity index (χ1) is 12.7. The van der Waals surface area contributed by atoms with E-state index in [-0.39, 0.29) is 17.9 Å². The van der Waals surface area contributed by atoms with Gasteiger partial charge in [0.1, 0.15) is 6.54 Å². The molecule has 0 aliphatic carbocycles. The Balaban J connectivity index is 2.04. The molecular weight excluding hydrogens is 344 g/mol. The molecule has 2 aromatic carbocycles. The molecule has 6 nitrogen and oxygen atoms in total. The molecule has 0 fully saturated rings. The maximum atomic E-state index is 12.4. The Kier molecular flexibility index (Phi) is 6.34. The van der Waals surface area contributed by atoms with Gasteiger partial charge in [-0.2, -0.15) is 0 Å². The quantitative estimate of drug-likeness (QED) is 0.821. The Bertz CT molecular complexity index is 808. The lowest BCUT2D eigenvalue weighted by Gasteiger charge is -2.21. The molecule has 0 atom stereocenters. The Labute approximate surface area is 158 Å². The molecule has 2 rings (SSSR count). The van der Waals surface area contributed by atoms with Gasteiger partial charge in [0.2, 0.25) is 5.91 Å². The van der Waals surface area contributed by atoms with Crippen LogP contribution in [0.5, 0.6) is 0 Å². The molecule has 0 aliphatic heterocycles. The first-order valence-corrected chi connectivity index (χ1v) is 8.64. The summed E-state index contributed by atoms with van der Waals surface area (Å²) in [6.07, 6.45) is 0. The van der Waals surface area contributed by atoms with Crippen molar-refractivity contribution >= 4 is 23.5 Å². The first kappa shape index (κ1) is 20.2. The molecule has 0 radical (unpaired) electrons. The third kappa shape index (κ3) is 5.67. The highest BCUT2D eigenvalue weighted by molar-refractivity contribution is 6.02. The lowest BCUT2D eigenvalue weighted by molar-refractivity contribution is -0.136. The predicted octanol–water partition coefficient (Wildman–Crippen LogP) is 2.83. The van der Waals surface area contributed by atoms with Crippen LogP contribution in [0.15, 0.2) is 54.6 Å². The van der Waals surface area contributed by atoms with Gasteiger partial charge in [0.15, 0.2) is 0 Å². The highest BCUT2D eigenvalue weighted by Crippen LogP contribution is 2.22. The second kappa shape index (κ2) is 8.49. The standard InChI is InChI=1S/C21H24N2O4/c1-21(2,3)16-11-9-15(10-12-16)20(27)22-13-18(24)23(14-19(25)26)17-7-5-4-6-8-17/h4-12H,13-14H2,1-3H3,(H,22,27)(H,25,26). The van der Waals surface area contributed by atoms with E-state index in [1.807, 2.05) is 12.1 Å². The molecule has 0 heterocycles. The van der Waals surface area contributed by atoms with Crippen LogP contribution in [0.3, 0.4) is 0 Å². The molecule has 0 unspecified atom stereocenters. The van der Waals surface area contributed by atoms with Gasteiger partial charge >= 0.3 is 5.97 Å². The van der Waals surface area contributed by atoms with Crippen molar-refractivity contribution < 1.29 is 19.5 Å². The molecule has 27 heavy (non-hydrogen) atoms. The number of carboxylic acids is 1. The number of carboxylic acid groups (broad SMARTS) is 1. The second-order valence-electron chi connectivity index (χ2n) is 7.22. The molecular formula is C21H24N2O4. The van der Waals surface area contributed by atoms with Crippen LogP contribution in [0.1, 0.15) is 36.7 Å². The Morgan fingerprint density at radius 3 is 2.07 bits per heavy atom. The fourth-order valence-electron chi connectivity index (χ4n) is 2.54. The van der Waals surface area contributed by atoms with E-state index in [0.29, 0.717) is 11.3 Å². The highest BCUT2D eigenvalue weighted by Gasteiger charge is 2.20. The molecule has 0 saturated heterocycles. The maximum Gasteiger partial charge on any atom is 0.323 e. The Hall–Kier alpha value is -3.15. The van der Waals surface area contributed by atoms with E-state index in [4.69, 9.17) is 5.11 Å². The van der Waals surface area contributed by atoms with Crippen LogP contribution >= 0.6 is 0 Å². The zero-order valence-electron chi connectivity index (χ0n) is 15.7. The molecule has 6 heteroatoms. The number of aliphatic carboxylic acids is 1. The third-order valence-electron chi connectivity index (χ3n) is 4.08. The Morgan fingerprint density at radius 2 is 1.56 bits per heavy atom. The molecule has 2 aromatic rings. The molecule has 2 amide bonds. The summed E-state index contributed by atoms with van der Waals surface area (Å²) < 4.78 is 0. The number of amides is 2. The summed E-state index contributed by atoms with van der Waals surface area (Å²) in [5.74, 6) is -2.01. The molecule has 142 valence electrons. The van der Waals surface area contributed by atoms with E-state index < -0.39 is 18.4 Å². The highest BCUT2D eigenvalue weighted by atomic mass is 16.4. The third-order valence-corrected chi connectivity index (χ3v) is 4.08. The SMILES string of the molecule is CC(C)(C)c1ccc(C(=O)NCC(=O)N(CC(=O)O)c2ccccc2)cc1. The van der Waals surface area contributed by atoms with E-state index in [2.05, 4.69) is 26.1 Å². The van der Waals surface area contributed by atoms with Gasteiger partial charge < -0.3 is 10.4 Å². The zero-order chi connectivity index (χ0) is 20.0. The number of carbonyl (C=O) groups is 3. The number of hydrogen-bond acceptors (Lipinski definition) is 3. The normalized spacial score (nSPS) is 10.9. The topological polar surface area (TPSA) is 86.7 Å². The van der Waals surface area contributed by atoms with Gasteiger partial charge in [-0.3, -0.25) is 19.3 Å². The van der Waals surface area contributed by atoms with E-state index in [1.54, 1.807) is 42.5 Å². The average molecular weight is 368 g/mol. The summed E-state index contributed by atoms with van der Waals surface area (Å²) in [5.41, 5.74) is 2.00. The van der Waals surface area contributed by atoms with Gasteiger partial charge in [0, 0.05) is 11.3 Å². The minimum Gasteiger partial charge on any atom is -0.480 e. The van der Waals surface area contributed by atoms with Crippen LogP contribution in [-0.4, -0.2) is 36.0 Å². The van der Waals surface area contributed by atoms with Crippen molar-refractivity contribution in [3.05, 3.63) is 65.7 Å². The average Bonchev–Trinajstić information content (AvgIpc) is 2.64. The van der Waals surface area contributed by atoms with Crippen molar-refractivity contribution in [1.82, 2.24) is 5.32 Å². The van der Waals surface area contributed by atoms with Crippen molar-refractivity contribution in [2.45, 2.75) is 26.2 Å². The lowest BCUT2D eigenvalue weighted by atomic mass is 9.87. The Morgan fingerprint density at radius 1 is 0.963 bits per heavy atom. The van der Waals surface area contributed by atoms with Crippen molar-refractivity contribution in [1.29, 1.82) is 0 Å². The largest absolute Gasteiger partial charge is 0.480 e. The van der Waals surface area contributed by atoms with Crippen molar-refractivity contribution in [2.75, 3.05) is 18.0 Å². The number of para-hydroxylation sites is 1. The number of rotatable bonds is 6. The molecule has 0 aliphatic rings. The number of anilines is 1. The monoisotopic (exact) mass is 368 g/mol. The van der Waals surface area contributed by atoms with Crippen LogP contribution in [-0.2, 0) is 15.0 Å². The predicted molar refractivity (Wildman–Crippen MR) is 104 cm³/mol. The van der Waals surface area contributed by atoms with E-state index >= 15 is 0 Å². The van der Waals surface area contributed by atoms with E-state index in [0.717, 1.165) is 10.5 Å². The van der Waals surface area contributed by atoms with Gasteiger partial charge in [-0.25, -0.2) is 0 Å². The maximum absolute atomic E-state index is 12.4. The van der Waals surface area contributed by atoms with E-state index in [1.165, 1.54) is 0 Å². The van der Waals surface area contributed by atoms with Crippen LogP contribution in [0.2, 0.25) is 0 Å². The second-order valence-corrected chi connectivity index (χ2v) is 7.22. The minimum atomic E-state index is -1.13. The van der Waals surface area contributed by atoms with E-state index in [9.17, 15) is 14.4 Å². The smallest absolute Gasteiger partial charge is 0.323 e. The van der Waals surface area contributed by atoms with Gasteiger partial charge in [0.25, 0.3) is 5.91 Å². The summed E-state index contributed by atoms with van der Waals surface area (Å²) in [6.45, 7) is 5.49. The number of nitrogens with one attached hydrogen (secondary N) is 1. The number of carbonyl (C=O) groups excluding carboxylic acids is 2. The zero-order valence-corrected chi connectivity index (χ0v) is 15.7. The van der Waals surface area contributed by atoms with Crippen molar-refractivity contribution in [3.63, 3.8) is 0 Å². The molecule has 0 saturated carbocycles. The molecule has 0 bridgehead atoms. The summed E-state index contributed by atoms with van der Waals surface area (Å²) in [5, 5.41) is 11.6. The number of hydrogen-bond donors (Lipinski definition) is 2. The fourth-order valence-corrected chi connectivity index (χ4v) is 2.54. The van der Waals surface area contributed by atoms with Gasteiger partial charge in [-0.05, 0) is 35.2 Å². The summed E-state index contributed by atoms with van der Waals surface area (Å²) in [7, 11) is 0. The minimum absolute atomic E-state index is 0.0159. The lowest BCUT2D eigenvalue weighted by Crippen LogP contribution is -2.42. The fraction of sp³-hybridized carbons (Fsp3) is 0.286. The van der Waals surface area contributed by atoms with Crippen LogP contribution < -0.4 is 10.2 Å². The van der Waals surface area contributed by atoms with Crippen molar-refractivity contribution in [2.24, 2.45) is 0 Å². The molecule has 0 aromatic heterocycles. The summed E-state index contributed by atoms with van der Waals surface area (Å²) >= 11 is 0. The van der Waals surface area contributed by atoms with Gasteiger partial charge in [-0.15, -0.1) is 0 Å². The summed E-state index contributed by atoms with van der Waals surface area (Å²) in [6, 6.07) is 15.7. The van der Waals surface area contributed by atoms with Crippen LogP contribution in [0.25, 0.3) is 0 Å². The van der Waals surface area contributed by atoms with Crippen LogP contribution in [0, 0.1) is 0 Å².